The standard InChI is InChI=1S/C23H21N3O2/c27-23(16-24-18-11-5-2-6-12-18)26-25-20-15-22(17-9-3-1-4-10-17)28-21-14-8-7-13-19(20)21/h1-14,22,24H,15-16H2,(H,26,27)/b25-20+/t22-/m0/s1. The highest BCUT2D eigenvalue weighted by molar-refractivity contribution is 6.04. The molecule has 1 atom stereocenters. The number of para-hydroxylation sites is 2. The highest BCUT2D eigenvalue weighted by Gasteiger charge is 2.26. The van der Waals surface area contributed by atoms with Gasteiger partial charge in [-0.25, -0.2) is 5.43 Å². The van der Waals surface area contributed by atoms with Crippen molar-refractivity contribution >= 4 is 17.3 Å². The molecule has 0 spiro atoms. The van der Waals surface area contributed by atoms with Crippen LogP contribution in [-0.2, 0) is 4.79 Å². The fourth-order valence-electron chi connectivity index (χ4n) is 3.16. The molecule has 5 heteroatoms. The van der Waals surface area contributed by atoms with Crippen LogP contribution in [0.2, 0.25) is 0 Å². The number of nitrogens with zero attached hydrogens (tertiary/aromatic N) is 1. The van der Waals surface area contributed by atoms with E-state index < -0.39 is 0 Å². The number of fused-ring (bicyclic) bond motifs is 1. The first-order valence-corrected chi connectivity index (χ1v) is 9.25. The Morgan fingerprint density at radius 1 is 0.929 bits per heavy atom. The fraction of sp³-hybridized carbons (Fsp3) is 0.130. The molecule has 0 fully saturated rings. The van der Waals surface area contributed by atoms with Gasteiger partial charge in [0.25, 0.3) is 5.91 Å². The molecule has 4 rings (SSSR count). The van der Waals surface area contributed by atoms with Gasteiger partial charge < -0.3 is 10.1 Å². The molecule has 2 N–H and O–H groups in total. The molecule has 0 saturated heterocycles. The van der Waals surface area contributed by atoms with E-state index >= 15 is 0 Å². The van der Waals surface area contributed by atoms with Crippen LogP contribution in [0.3, 0.4) is 0 Å². The van der Waals surface area contributed by atoms with Crippen LogP contribution in [0.15, 0.2) is 90.0 Å². The molecule has 3 aromatic carbocycles. The van der Waals surface area contributed by atoms with Crippen LogP contribution in [0.5, 0.6) is 5.75 Å². The van der Waals surface area contributed by atoms with Gasteiger partial charge in [-0.2, -0.15) is 5.10 Å². The highest BCUT2D eigenvalue weighted by Crippen LogP contribution is 2.34. The smallest absolute Gasteiger partial charge is 0.259 e. The van der Waals surface area contributed by atoms with Crippen LogP contribution in [0.4, 0.5) is 5.69 Å². The number of benzene rings is 3. The molecule has 1 heterocycles. The van der Waals surface area contributed by atoms with E-state index in [1.807, 2.05) is 84.9 Å². The van der Waals surface area contributed by atoms with Crippen molar-refractivity contribution in [3.8, 4) is 5.75 Å². The number of ether oxygens (including phenoxy) is 1. The van der Waals surface area contributed by atoms with Crippen molar-refractivity contribution in [2.75, 3.05) is 11.9 Å². The Labute approximate surface area is 164 Å². The first-order valence-electron chi connectivity index (χ1n) is 9.25. The number of hydrogen-bond acceptors (Lipinski definition) is 4. The number of amides is 1. The lowest BCUT2D eigenvalue weighted by Crippen LogP contribution is -2.29. The van der Waals surface area contributed by atoms with E-state index in [2.05, 4.69) is 15.8 Å². The van der Waals surface area contributed by atoms with Gasteiger partial charge in [0.05, 0.1) is 12.3 Å². The molecule has 0 bridgehead atoms. The Morgan fingerprint density at radius 3 is 2.39 bits per heavy atom. The second-order valence-corrected chi connectivity index (χ2v) is 6.53. The zero-order chi connectivity index (χ0) is 19.2. The molecule has 0 radical (unpaired) electrons. The van der Waals surface area contributed by atoms with E-state index in [0.29, 0.717) is 6.42 Å². The monoisotopic (exact) mass is 371 g/mol. The third kappa shape index (κ3) is 4.20. The summed E-state index contributed by atoms with van der Waals surface area (Å²) >= 11 is 0. The van der Waals surface area contributed by atoms with Crippen molar-refractivity contribution in [2.45, 2.75) is 12.5 Å². The molecule has 5 nitrogen and oxygen atoms in total. The Hall–Kier alpha value is -3.60. The Bertz CT molecular complexity index is 971. The second-order valence-electron chi connectivity index (χ2n) is 6.53. The van der Waals surface area contributed by atoms with Crippen molar-refractivity contribution in [1.82, 2.24) is 5.43 Å². The maximum Gasteiger partial charge on any atom is 0.259 e. The van der Waals surface area contributed by atoms with Crippen molar-refractivity contribution in [1.29, 1.82) is 0 Å². The summed E-state index contributed by atoms with van der Waals surface area (Å²) < 4.78 is 6.15. The third-order valence-corrected chi connectivity index (χ3v) is 4.56. The van der Waals surface area contributed by atoms with Crippen molar-refractivity contribution in [3.05, 3.63) is 96.1 Å². The predicted octanol–water partition coefficient (Wildman–Crippen LogP) is 4.14. The quantitative estimate of drug-likeness (QED) is 0.663. The van der Waals surface area contributed by atoms with Gasteiger partial charge in [0, 0.05) is 17.7 Å². The number of carbonyl (C=O) groups is 1. The number of nitrogens with one attached hydrogen (secondary N) is 2. The highest BCUT2D eigenvalue weighted by atomic mass is 16.5. The SMILES string of the molecule is O=C(CNc1ccccc1)N/N=C1\C[C@@H](c2ccccc2)Oc2ccccc21. The zero-order valence-corrected chi connectivity index (χ0v) is 15.3. The van der Waals surface area contributed by atoms with Gasteiger partial charge in [-0.05, 0) is 29.8 Å². The maximum absolute atomic E-state index is 12.2. The summed E-state index contributed by atoms with van der Waals surface area (Å²) in [5.74, 6) is 0.578. The topological polar surface area (TPSA) is 62.7 Å². The molecule has 28 heavy (non-hydrogen) atoms. The van der Waals surface area contributed by atoms with Crippen LogP contribution in [-0.4, -0.2) is 18.2 Å². The zero-order valence-electron chi connectivity index (χ0n) is 15.3. The lowest BCUT2D eigenvalue weighted by molar-refractivity contribution is -0.119. The Balaban J connectivity index is 1.48. The number of hydrazone groups is 1. The number of carbonyl (C=O) groups excluding carboxylic acids is 1. The molecule has 1 amide bonds. The van der Waals surface area contributed by atoms with Gasteiger partial charge >= 0.3 is 0 Å². The molecule has 0 unspecified atom stereocenters. The van der Waals surface area contributed by atoms with Gasteiger partial charge in [0.2, 0.25) is 0 Å². The first-order chi connectivity index (χ1) is 13.8. The minimum absolute atomic E-state index is 0.130. The van der Waals surface area contributed by atoms with E-state index in [0.717, 1.165) is 28.3 Å². The number of anilines is 1. The summed E-state index contributed by atoms with van der Waals surface area (Å²) in [7, 11) is 0. The molecule has 0 aliphatic carbocycles. The van der Waals surface area contributed by atoms with E-state index in [1.54, 1.807) is 0 Å². The Morgan fingerprint density at radius 2 is 1.61 bits per heavy atom. The molecular weight excluding hydrogens is 350 g/mol. The molecule has 0 saturated carbocycles. The van der Waals surface area contributed by atoms with Crippen LogP contribution in [0.25, 0.3) is 0 Å². The normalized spacial score (nSPS) is 16.7. The van der Waals surface area contributed by atoms with Crippen molar-refractivity contribution < 1.29 is 9.53 Å². The average molecular weight is 371 g/mol. The van der Waals surface area contributed by atoms with Crippen LogP contribution >= 0.6 is 0 Å². The van der Waals surface area contributed by atoms with Gasteiger partial charge in [-0.3, -0.25) is 4.79 Å². The van der Waals surface area contributed by atoms with Gasteiger partial charge in [-0.1, -0.05) is 60.7 Å². The minimum Gasteiger partial charge on any atom is -0.485 e. The van der Waals surface area contributed by atoms with Gasteiger partial charge in [0.1, 0.15) is 11.9 Å². The van der Waals surface area contributed by atoms with Crippen LogP contribution in [0, 0.1) is 0 Å². The molecule has 1 aliphatic rings. The molecule has 1 aliphatic heterocycles. The predicted molar refractivity (Wildman–Crippen MR) is 110 cm³/mol. The lowest BCUT2D eigenvalue weighted by atomic mass is 9.96. The first kappa shape index (κ1) is 17.8. The molecule has 140 valence electrons. The third-order valence-electron chi connectivity index (χ3n) is 4.56. The summed E-state index contributed by atoms with van der Waals surface area (Å²) in [6.07, 6.45) is 0.460. The molecule has 0 aromatic heterocycles. The van der Waals surface area contributed by atoms with Crippen molar-refractivity contribution in [2.24, 2.45) is 5.10 Å². The van der Waals surface area contributed by atoms with E-state index in [4.69, 9.17) is 4.74 Å². The lowest BCUT2D eigenvalue weighted by Gasteiger charge is -2.27. The number of hydrogen-bond donors (Lipinski definition) is 2. The van der Waals surface area contributed by atoms with E-state index in [1.165, 1.54) is 0 Å². The van der Waals surface area contributed by atoms with Crippen LogP contribution < -0.4 is 15.5 Å². The minimum atomic E-state index is -0.198. The fourth-order valence-corrected chi connectivity index (χ4v) is 3.16. The summed E-state index contributed by atoms with van der Waals surface area (Å²) in [5, 5.41) is 7.49. The summed E-state index contributed by atoms with van der Waals surface area (Å²) in [4.78, 5) is 12.2. The van der Waals surface area contributed by atoms with Gasteiger partial charge in [0.15, 0.2) is 0 Å². The van der Waals surface area contributed by atoms with Gasteiger partial charge in [-0.15, -0.1) is 0 Å². The molecular formula is C23H21N3O2. The summed E-state index contributed by atoms with van der Waals surface area (Å²) in [5.41, 5.74) is 6.36. The largest absolute Gasteiger partial charge is 0.485 e. The van der Waals surface area contributed by atoms with Crippen LogP contribution in [0.1, 0.15) is 23.7 Å². The van der Waals surface area contributed by atoms with E-state index in [9.17, 15) is 4.79 Å². The summed E-state index contributed by atoms with van der Waals surface area (Å²) in [6.45, 7) is 0.154. The Kier molecular flexibility index (Phi) is 5.33. The van der Waals surface area contributed by atoms with E-state index in [-0.39, 0.29) is 18.6 Å². The average Bonchev–Trinajstić information content (AvgIpc) is 2.77. The van der Waals surface area contributed by atoms with Crippen molar-refractivity contribution in [3.63, 3.8) is 0 Å². The maximum atomic E-state index is 12.2. The summed E-state index contributed by atoms with van der Waals surface area (Å²) in [6, 6.07) is 27.4. The molecule has 3 aromatic rings. The second kappa shape index (κ2) is 8.39. The number of rotatable bonds is 5.